The Morgan fingerprint density at radius 1 is 1.18 bits per heavy atom. The number of aryl methyl sites for hydroxylation is 1. The van der Waals surface area contributed by atoms with Crippen LogP contribution in [0.25, 0.3) is 0 Å². The molecule has 0 fully saturated rings. The zero-order chi connectivity index (χ0) is 20.5. The van der Waals surface area contributed by atoms with Crippen molar-refractivity contribution >= 4 is 5.96 Å². The quantitative estimate of drug-likeness (QED) is 0.410. The third-order valence-electron chi connectivity index (χ3n) is 4.76. The minimum Gasteiger partial charge on any atom is -0.356 e. The summed E-state index contributed by atoms with van der Waals surface area (Å²) in [7, 11) is 8.07. The molecule has 1 aromatic carbocycles. The lowest BCUT2D eigenvalue weighted by atomic mass is 10.1. The molecule has 2 rings (SSSR count). The van der Waals surface area contributed by atoms with Gasteiger partial charge in [-0.05, 0) is 31.5 Å². The average Bonchev–Trinajstić information content (AvgIpc) is 3.03. The van der Waals surface area contributed by atoms with E-state index in [0.29, 0.717) is 5.92 Å². The molecule has 0 aliphatic rings. The molecule has 28 heavy (non-hydrogen) atoms. The van der Waals surface area contributed by atoms with Crippen molar-refractivity contribution in [1.82, 2.24) is 24.9 Å². The van der Waals surface area contributed by atoms with Gasteiger partial charge < -0.3 is 15.1 Å². The van der Waals surface area contributed by atoms with Crippen LogP contribution in [-0.2, 0) is 20.1 Å². The zero-order valence-electron chi connectivity index (χ0n) is 18.3. The Bertz CT molecular complexity index is 735. The second kappa shape index (κ2) is 10.9. The first-order valence-electron chi connectivity index (χ1n) is 10.1. The molecule has 1 heterocycles. The number of nitrogens with one attached hydrogen (secondary N) is 1. The van der Waals surface area contributed by atoms with Gasteiger partial charge >= 0.3 is 0 Å². The monoisotopic (exact) mass is 384 g/mol. The third kappa shape index (κ3) is 6.68. The molecule has 0 atom stereocenters. The summed E-state index contributed by atoms with van der Waals surface area (Å²) in [5.74, 6) is 1.34. The molecule has 154 valence electrons. The van der Waals surface area contributed by atoms with E-state index in [-0.39, 0.29) is 0 Å². The molecule has 6 nitrogen and oxygen atoms in total. The molecule has 6 heteroatoms. The molecule has 2 aromatic rings. The lowest BCUT2D eigenvalue weighted by Crippen LogP contribution is -2.39. The van der Waals surface area contributed by atoms with E-state index in [0.717, 1.165) is 44.3 Å². The maximum absolute atomic E-state index is 4.60. The summed E-state index contributed by atoms with van der Waals surface area (Å²) >= 11 is 0. The largest absolute Gasteiger partial charge is 0.356 e. The summed E-state index contributed by atoms with van der Waals surface area (Å²) in [5.41, 5.74) is 3.77. The van der Waals surface area contributed by atoms with E-state index in [1.165, 1.54) is 11.1 Å². The summed E-state index contributed by atoms with van der Waals surface area (Å²) in [6.07, 6.45) is 3.18. The summed E-state index contributed by atoms with van der Waals surface area (Å²) in [4.78, 5) is 8.96. The Morgan fingerprint density at radius 2 is 1.89 bits per heavy atom. The maximum Gasteiger partial charge on any atom is 0.193 e. The lowest BCUT2D eigenvalue weighted by molar-refractivity contribution is 0.321. The van der Waals surface area contributed by atoms with Crippen molar-refractivity contribution in [3.05, 3.63) is 53.3 Å². The topological polar surface area (TPSA) is 48.7 Å². The number of guanidine groups is 1. The number of hydrogen-bond acceptors (Lipinski definition) is 3. The Labute approximate surface area is 170 Å². The molecule has 0 unspecified atom stereocenters. The lowest BCUT2D eigenvalue weighted by Gasteiger charge is -2.23. The summed E-state index contributed by atoms with van der Waals surface area (Å²) in [5, 5.41) is 8.09. The summed E-state index contributed by atoms with van der Waals surface area (Å²) < 4.78 is 1.90. The first-order valence-corrected chi connectivity index (χ1v) is 10.1. The van der Waals surface area contributed by atoms with E-state index in [1.807, 2.05) is 18.8 Å². The first kappa shape index (κ1) is 22.0. The predicted molar refractivity (Wildman–Crippen MR) is 118 cm³/mol. The Kier molecular flexibility index (Phi) is 8.51. The molecule has 0 saturated heterocycles. The maximum atomic E-state index is 4.60. The predicted octanol–water partition coefficient (Wildman–Crippen LogP) is 3.07. The number of aliphatic imine (C=N–C) groups is 1. The zero-order valence-corrected chi connectivity index (χ0v) is 18.3. The fourth-order valence-corrected chi connectivity index (χ4v) is 3.40. The molecule has 0 aliphatic heterocycles. The van der Waals surface area contributed by atoms with Crippen LogP contribution in [0.4, 0.5) is 0 Å². The molecule has 1 N–H and O–H groups in total. The van der Waals surface area contributed by atoms with Gasteiger partial charge in [-0.3, -0.25) is 9.67 Å². The molecule has 0 saturated carbocycles. The van der Waals surface area contributed by atoms with Gasteiger partial charge in [0.2, 0.25) is 0 Å². The molecule has 0 aliphatic carbocycles. The van der Waals surface area contributed by atoms with Gasteiger partial charge in [-0.1, -0.05) is 44.2 Å². The van der Waals surface area contributed by atoms with Crippen molar-refractivity contribution in [2.24, 2.45) is 12.0 Å². The Balaban J connectivity index is 1.77. The van der Waals surface area contributed by atoms with E-state index in [4.69, 9.17) is 0 Å². The second-order valence-electron chi connectivity index (χ2n) is 7.77. The number of rotatable bonds is 9. The molecule has 0 amide bonds. The Hall–Kier alpha value is -2.34. The van der Waals surface area contributed by atoms with Crippen LogP contribution in [0.2, 0.25) is 0 Å². The number of benzene rings is 1. The first-order chi connectivity index (χ1) is 13.4. The smallest absolute Gasteiger partial charge is 0.193 e. The fraction of sp³-hybridized carbons (Fsp3) is 0.545. The summed E-state index contributed by atoms with van der Waals surface area (Å²) in [6, 6.07) is 10.6. The molecule has 0 bridgehead atoms. The number of nitrogens with zero attached hydrogens (tertiary/aromatic N) is 5. The van der Waals surface area contributed by atoms with Gasteiger partial charge in [0.05, 0.1) is 5.69 Å². The van der Waals surface area contributed by atoms with E-state index in [1.54, 1.807) is 0 Å². The van der Waals surface area contributed by atoms with Crippen LogP contribution in [0.5, 0.6) is 0 Å². The molecule has 1 aromatic heterocycles. The van der Waals surface area contributed by atoms with Crippen LogP contribution in [0.1, 0.15) is 43.0 Å². The van der Waals surface area contributed by atoms with Gasteiger partial charge in [0.25, 0.3) is 0 Å². The van der Waals surface area contributed by atoms with E-state index < -0.39 is 0 Å². The van der Waals surface area contributed by atoms with E-state index >= 15 is 0 Å². The minimum atomic E-state index is 0.416. The third-order valence-corrected chi connectivity index (χ3v) is 4.76. The van der Waals surface area contributed by atoms with Crippen LogP contribution in [0, 0.1) is 0 Å². The van der Waals surface area contributed by atoms with Gasteiger partial charge in [0.15, 0.2) is 5.96 Å². The van der Waals surface area contributed by atoms with Crippen LogP contribution in [0.15, 0.2) is 41.5 Å². The molecule has 0 radical (unpaired) electrons. The highest BCUT2D eigenvalue weighted by atomic mass is 15.3. The molecular formula is C22H36N6. The number of aromatic nitrogens is 2. The van der Waals surface area contributed by atoms with Crippen molar-refractivity contribution < 1.29 is 0 Å². The van der Waals surface area contributed by atoms with Crippen LogP contribution in [-0.4, -0.2) is 59.8 Å². The van der Waals surface area contributed by atoms with Gasteiger partial charge in [0.1, 0.15) is 0 Å². The standard InChI is InChI=1S/C22H36N6/c1-18(2)21-20(17-28(6)25-21)16-27(5)22(23-3)24-13-10-14-26(4)15-19-11-8-7-9-12-19/h7-9,11-12,17-18H,10,13-16H2,1-6H3,(H,23,24). The van der Waals surface area contributed by atoms with Crippen LogP contribution in [0.3, 0.4) is 0 Å². The summed E-state index contributed by atoms with van der Waals surface area (Å²) in [6.45, 7) is 8.10. The van der Waals surface area contributed by atoms with E-state index in [2.05, 4.69) is 89.7 Å². The molecular weight excluding hydrogens is 348 g/mol. The van der Waals surface area contributed by atoms with Gasteiger partial charge in [0, 0.05) is 52.5 Å². The highest BCUT2D eigenvalue weighted by Gasteiger charge is 2.15. The van der Waals surface area contributed by atoms with Crippen LogP contribution < -0.4 is 5.32 Å². The van der Waals surface area contributed by atoms with Crippen molar-refractivity contribution in [2.75, 3.05) is 34.2 Å². The SMILES string of the molecule is CN=C(NCCCN(C)Cc1ccccc1)N(C)Cc1cn(C)nc1C(C)C. The highest BCUT2D eigenvalue weighted by molar-refractivity contribution is 5.79. The van der Waals surface area contributed by atoms with E-state index in [9.17, 15) is 0 Å². The highest BCUT2D eigenvalue weighted by Crippen LogP contribution is 2.18. The van der Waals surface area contributed by atoms with Crippen molar-refractivity contribution in [1.29, 1.82) is 0 Å². The van der Waals surface area contributed by atoms with Gasteiger partial charge in [-0.15, -0.1) is 0 Å². The van der Waals surface area contributed by atoms with Gasteiger partial charge in [-0.2, -0.15) is 5.10 Å². The second-order valence-corrected chi connectivity index (χ2v) is 7.77. The Morgan fingerprint density at radius 3 is 2.54 bits per heavy atom. The number of hydrogen-bond donors (Lipinski definition) is 1. The van der Waals surface area contributed by atoms with Crippen LogP contribution >= 0.6 is 0 Å². The van der Waals surface area contributed by atoms with Crippen molar-refractivity contribution in [2.45, 2.75) is 39.3 Å². The van der Waals surface area contributed by atoms with Gasteiger partial charge in [-0.25, -0.2) is 0 Å². The fourth-order valence-electron chi connectivity index (χ4n) is 3.40. The molecule has 0 spiro atoms. The van der Waals surface area contributed by atoms with Crippen molar-refractivity contribution in [3.63, 3.8) is 0 Å². The normalized spacial score (nSPS) is 12.1. The minimum absolute atomic E-state index is 0.416. The average molecular weight is 385 g/mol. The van der Waals surface area contributed by atoms with Crippen molar-refractivity contribution in [3.8, 4) is 0 Å².